The zero-order chi connectivity index (χ0) is 24.8. The van der Waals surface area contributed by atoms with E-state index < -0.39 is 60.8 Å². The molecule has 3 amide bonds. The van der Waals surface area contributed by atoms with Crippen LogP contribution in [0.4, 0.5) is 0 Å². The van der Waals surface area contributed by atoms with E-state index in [2.05, 4.69) is 20.9 Å². The largest absolute Gasteiger partial charge is 0.481 e. The zero-order valence-electron chi connectivity index (χ0n) is 18.2. The molecule has 0 saturated carbocycles. The predicted molar refractivity (Wildman–Crippen MR) is 114 cm³/mol. The maximum atomic E-state index is 12.7. The lowest BCUT2D eigenvalue weighted by atomic mass is 9.97. The van der Waals surface area contributed by atoms with Gasteiger partial charge in [-0.05, 0) is 18.8 Å². The Morgan fingerprint density at radius 3 is 2.16 bits per heavy atom. The number of carboxylic acid groups (broad SMARTS) is 2. The number of carboxylic acids is 2. The summed E-state index contributed by atoms with van der Waals surface area (Å²) in [4.78, 5) is 62.4. The number of nitrogens with one attached hydrogen (secondary N) is 3. The SMILES string of the molecule is CCC(C)C(NC(=O)CNC(=O)C(N)CC(=O)O)C(=O)NC(CCCN=C(N)N)C(=O)O. The van der Waals surface area contributed by atoms with Crippen LogP contribution in [0.5, 0.6) is 0 Å². The molecular weight excluding hydrogens is 426 g/mol. The molecule has 182 valence electrons. The number of aliphatic carboxylic acids is 2. The molecule has 0 heterocycles. The molecule has 14 nitrogen and oxygen atoms in total. The van der Waals surface area contributed by atoms with Crippen molar-refractivity contribution in [2.45, 2.75) is 57.7 Å². The van der Waals surface area contributed by atoms with Crippen molar-refractivity contribution in [2.24, 2.45) is 28.1 Å². The Kier molecular flexibility index (Phi) is 13.0. The van der Waals surface area contributed by atoms with E-state index >= 15 is 0 Å². The van der Waals surface area contributed by atoms with E-state index in [1.807, 2.05) is 0 Å². The Bertz CT molecular complexity index is 710. The fourth-order valence-electron chi connectivity index (χ4n) is 2.53. The number of amides is 3. The molecule has 0 saturated heterocycles. The van der Waals surface area contributed by atoms with Crippen LogP contribution >= 0.6 is 0 Å². The van der Waals surface area contributed by atoms with Crippen LogP contribution in [0.2, 0.25) is 0 Å². The molecule has 32 heavy (non-hydrogen) atoms. The predicted octanol–water partition coefficient (Wildman–Crippen LogP) is -2.94. The number of rotatable bonds is 15. The first kappa shape index (κ1) is 28.6. The molecule has 0 bridgehead atoms. The van der Waals surface area contributed by atoms with E-state index in [0.29, 0.717) is 12.8 Å². The van der Waals surface area contributed by atoms with Crippen LogP contribution in [-0.4, -0.2) is 77.0 Å². The number of nitrogens with two attached hydrogens (primary N) is 3. The third-order valence-corrected chi connectivity index (χ3v) is 4.53. The molecule has 0 aliphatic carbocycles. The van der Waals surface area contributed by atoms with Crippen molar-refractivity contribution in [3.05, 3.63) is 0 Å². The average molecular weight is 460 g/mol. The second-order valence-electron chi connectivity index (χ2n) is 7.20. The minimum atomic E-state index is -1.33. The first-order valence-corrected chi connectivity index (χ1v) is 10.0. The molecule has 14 heteroatoms. The van der Waals surface area contributed by atoms with Gasteiger partial charge in [0.25, 0.3) is 0 Å². The van der Waals surface area contributed by atoms with Crippen LogP contribution in [0.1, 0.15) is 39.5 Å². The van der Waals surface area contributed by atoms with Crippen LogP contribution in [0, 0.1) is 5.92 Å². The third-order valence-electron chi connectivity index (χ3n) is 4.53. The van der Waals surface area contributed by atoms with E-state index in [-0.39, 0.29) is 24.8 Å². The highest BCUT2D eigenvalue weighted by Gasteiger charge is 2.29. The zero-order valence-corrected chi connectivity index (χ0v) is 18.2. The summed E-state index contributed by atoms with van der Waals surface area (Å²) in [6.07, 6.45) is 0.260. The number of carbonyl (C=O) groups is 5. The molecule has 11 N–H and O–H groups in total. The Balaban J connectivity index is 4.96. The van der Waals surface area contributed by atoms with Crippen molar-refractivity contribution >= 4 is 35.6 Å². The molecule has 4 atom stereocenters. The molecule has 0 rings (SSSR count). The normalized spacial score (nSPS) is 14.2. The number of nitrogens with zero attached hydrogens (tertiary/aromatic N) is 1. The van der Waals surface area contributed by atoms with Crippen molar-refractivity contribution in [3.63, 3.8) is 0 Å². The van der Waals surface area contributed by atoms with Gasteiger partial charge in [0.1, 0.15) is 12.1 Å². The molecular formula is C18H33N7O7. The highest BCUT2D eigenvalue weighted by molar-refractivity contribution is 5.93. The molecule has 0 spiro atoms. The van der Waals surface area contributed by atoms with E-state index in [9.17, 15) is 29.1 Å². The smallest absolute Gasteiger partial charge is 0.326 e. The van der Waals surface area contributed by atoms with Gasteiger partial charge in [0.2, 0.25) is 17.7 Å². The van der Waals surface area contributed by atoms with Gasteiger partial charge in [-0.1, -0.05) is 20.3 Å². The molecule has 0 fully saturated rings. The second-order valence-corrected chi connectivity index (χ2v) is 7.20. The van der Waals surface area contributed by atoms with Gasteiger partial charge in [-0.15, -0.1) is 0 Å². The topological polar surface area (TPSA) is 252 Å². The van der Waals surface area contributed by atoms with Gasteiger partial charge < -0.3 is 43.4 Å². The van der Waals surface area contributed by atoms with Gasteiger partial charge in [-0.25, -0.2) is 4.79 Å². The maximum Gasteiger partial charge on any atom is 0.326 e. The van der Waals surface area contributed by atoms with Crippen molar-refractivity contribution in [1.82, 2.24) is 16.0 Å². The number of hydrogen-bond acceptors (Lipinski definition) is 7. The summed E-state index contributed by atoms with van der Waals surface area (Å²) in [5.74, 6) is -5.25. The van der Waals surface area contributed by atoms with Gasteiger partial charge in [-0.3, -0.25) is 24.2 Å². The molecule has 0 radical (unpaired) electrons. The number of hydrogen-bond donors (Lipinski definition) is 8. The average Bonchev–Trinajstić information content (AvgIpc) is 2.70. The summed E-state index contributed by atoms with van der Waals surface area (Å²) in [6, 6.07) is -3.60. The number of carbonyl (C=O) groups excluding carboxylic acids is 3. The van der Waals surface area contributed by atoms with E-state index in [1.165, 1.54) is 0 Å². The van der Waals surface area contributed by atoms with Crippen LogP contribution in [0.15, 0.2) is 4.99 Å². The van der Waals surface area contributed by atoms with Crippen LogP contribution in [0.25, 0.3) is 0 Å². The first-order chi connectivity index (χ1) is 14.9. The van der Waals surface area contributed by atoms with E-state index in [4.69, 9.17) is 22.3 Å². The van der Waals surface area contributed by atoms with Crippen molar-refractivity contribution in [3.8, 4) is 0 Å². The van der Waals surface area contributed by atoms with E-state index in [1.54, 1.807) is 13.8 Å². The number of guanidine groups is 1. The Labute approximate surface area is 185 Å². The number of aliphatic imine (C=N–C) groups is 1. The van der Waals surface area contributed by atoms with E-state index in [0.717, 1.165) is 0 Å². The third kappa shape index (κ3) is 11.7. The standard InChI is InChI=1S/C18H33N7O7/c1-3-9(2)14(25-12(26)8-23-15(29)10(19)7-13(27)28)16(30)24-11(17(31)32)5-4-6-22-18(20)21/h9-11,14H,3-8,19H2,1-2H3,(H,23,29)(H,24,30)(H,25,26)(H,27,28)(H,31,32)(H4,20,21,22). The van der Waals surface area contributed by atoms with Gasteiger partial charge in [0, 0.05) is 6.54 Å². The van der Waals surface area contributed by atoms with Gasteiger partial charge >= 0.3 is 11.9 Å². The fourth-order valence-corrected chi connectivity index (χ4v) is 2.53. The first-order valence-electron chi connectivity index (χ1n) is 10.0. The van der Waals surface area contributed by atoms with Gasteiger partial charge in [-0.2, -0.15) is 0 Å². The summed E-state index contributed by atoms with van der Waals surface area (Å²) >= 11 is 0. The summed E-state index contributed by atoms with van der Waals surface area (Å²) < 4.78 is 0. The Morgan fingerprint density at radius 1 is 1.03 bits per heavy atom. The van der Waals surface area contributed by atoms with Crippen molar-refractivity contribution in [2.75, 3.05) is 13.1 Å². The lowest BCUT2D eigenvalue weighted by Crippen LogP contribution is -2.55. The summed E-state index contributed by atoms with van der Waals surface area (Å²) in [5, 5.41) is 25.0. The lowest BCUT2D eigenvalue weighted by Gasteiger charge is -2.25. The molecule has 0 aromatic carbocycles. The van der Waals surface area contributed by atoms with Crippen LogP contribution in [-0.2, 0) is 24.0 Å². The van der Waals surface area contributed by atoms with Gasteiger partial charge in [0.05, 0.1) is 19.0 Å². The minimum absolute atomic E-state index is 0.0660. The minimum Gasteiger partial charge on any atom is -0.481 e. The quantitative estimate of drug-likeness (QED) is 0.0702. The van der Waals surface area contributed by atoms with Crippen molar-refractivity contribution in [1.29, 1.82) is 0 Å². The lowest BCUT2D eigenvalue weighted by molar-refractivity contribution is -0.142. The highest BCUT2D eigenvalue weighted by Crippen LogP contribution is 2.09. The molecule has 0 aromatic rings. The summed E-state index contributed by atoms with van der Waals surface area (Å²) in [6.45, 7) is 3.14. The molecule has 4 unspecified atom stereocenters. The maximum absolute atomic E-state index is 12.7. The Morgan fingerprint density at radius 2 is 1.66 bits per heavy atom. The van der Waals surface area contributed by atoms with Crippen LogP contribution < -0.4 is 33.2 Å². The van der Waals surface area contributed by atoms with Crippen molar-refractivity contribution < 1.29 is 34.2 Å². The highest BCUT2D eigenvalue weighted by atomic mass is 16.4. The van der Waals surface area contributed by atoms with Crippen LogP contribution in [0.3, 0.4) is 0 Å². The summed E-state index contributed by atoms with van der Waals surface area (Å²) in [7, 11) is 0. The summed E-state index contributed by atoms with van der Waals surface area (Å²) in [5.41, 5.74) is 15.8. The van der Waals surface area contributed by atoms with Gasteiger partial charge in [0.15, 0.2) is 5.96 Å². The Hall–Kier alpha value is -3.42. The fraction of sp³-hybridized carbons (Fsp3) is 0.667. The second kappa shape index (κ2) is 14.6. The molecule has 0 aliphatic heterocycles. The monoisotopic (exact) mass is 459 g/mol. The molecule has 0 aliphatic rings. The molecule has 0 aromatic heterocycles.